The minimum atomic E-state index is -0.348. The van der Waals surface area contributed by atoms with E-state index in [0.717, 1.165) is 0 Å². The molecule has 0 atom stereocenters. The van der Waals surface area contributed by atoms with E-state index < -0.39 is 0 Å². The summed E-state index contributed by atoms with van der Waals surface area (Å²) in [5, 5.41) is 0.293. The molecule has 0 saturated carbocycles. The Morgan fingerprint density at radius 1 is 1.28 bits per heavy atom. The lowest BCUT2D eigenvalue weighted by Gasteiger charge is -2.08. The van der Waals surface area contributed by atoms with Crippen LogP contribution >= 0.6 is 11.6 Å². The van der Waals surface area contributed by atoms with Crippen LogP contribution in [-0.4, -0.2) is 5.78 Å². The van der Waals surface area contributed by atoms with Crippen LogP contribution in [0.15, 0.2) is 36.4 Å². The van der Waals surface area contributed by atoms with Crippen molar-refractivity contribution in [2.45, 2.75) is 6.92 Å². The number of ketones is 1. The lowest BCUT2D eigenvalue weighted by Crippen LogP contribution is -2.06. The molecule has 0 spiro atoms. The van der Waals surface area contributed by atoms with Gasteiger partial charge in [0.2, 0.25) is 0 Å². The Balaban J connectivity index is 2.51. The van der Waals surface area contributed by atoms with Gasteiger partial charge in [-0.3, -0.25) is 4.79 Å². The van der Waals surface area contributed by atoms with Crippen molar-refractivity contribution in [2.24, 2.45) is 0 Å². The Morgan fingerprint density at radius 2 is 2.00 bits per heavy atom. The molecule has 2 rings (SSSR count). The minimum Gasteiger partial charge on any atom is -0.398 e. The molecule has 2 aromatic carbocycles. The second-order valence-corrected chi connectivity index (χ2v) is 4.40. The van der Waals surface area contributed by atoms with Crippen molar-refractivity contribution in [2.75, 3.05) is 5.73 Å². The van der Waals surface area contributed by atoms with Gasteiger partial charge in [0.15, 0.2) is 5.78 Å². The van der Waals surface area contributed by atoms with Crippen molar-refractivity contribution in [3.05, 3.63) is 63.9 Å². The number of carbonyl (C=O) groups excluding carboxylic acids is 1. The highest BCUT2D eigenvalue weighted by molar-refractivity contribution is 6.35. The van der Waals surface area contributed by atoms with Crippen molar-refractivity contribution in [1.29, 1.82) is 0 Å². The van der Waals surface area contributed by atoms with E-state index in [1.165, 1.54) is 18.2 Å². The fourth-order valence-electron chi connectivity index (χ4n) is 1.71. The zero-order valence-electron chi connectivity index (χ0n) is 9.71. The van der Waals surface area contributed by atoms with Gasteiger partial charge in [-0.15, -0.1) is 0 Å². The summed E-state index contributed by atoms with van der Waals surface area (Å²) in [6, 6.07) is 9.05. The molecule has 0 saturated heterocycles. The summed E-state index contributed by atoms with van der Waals surface area (Å²) < 4.78 is 13.2. The fourth-order valence-corrected chi connectivity index (χ4v) is 1.98. The molecule has 0 aliphatic rings. The molecule has 18 heavy (non-hydrogen) atoms. The Morgan fingerprint density at radius 3 is 2.61 bits per heavy atom. The highest BCUT2D eigenvalue weighted by Crippen LogP contribution is 2.25. The van der Waals surface area contributed by atoms with E-state index in [4.69, 9.17) is 17.3 Å². The van der Waals surface area contributed by atoms with Crippen LogP contribution in [0.5, 0.6) is 0 Å². The van der Waals surface area contributed by atoms with Gasteiger partial charge >= 0.3 is 0 Å². The molecule has 0 unspecified atom stereocenters. The molecule has 92 valence electrons. The standard InChI is InChI=1S/C14H11ClFNO/c1-8-7-9(5-6-11(8)16)14(18)13-10(15)3-2-4-12(13)17/h2-7H,17H2,1H3. The van der Waals surface area contributed by atoms with Crippen molar-refractivity contribution in [1.82, 2.24) is 0 Å². The Bertz CT molecular complexity index is 605. The summed E-state index contributed by atoms with van der Waals surface area (Å²) in [5.74, 6) is -0.653. The second kappa shape index (κ2) is 4.78. The monoisotopic (exact) mass is 263 g/mol. The van der Waals surface area contributed by atoms with Crippen molar-refractivity contribution >= 4 is 23.1 Å². The predicted molar refractivity (Wildman–Crippen MR) is 70.4 cm³/mol. The largest absolute Gasteiger partial charge is 0.398 e. The Kier molecular flexibility index (Phi) is 3.34. The van der Waals surface area contributed by atoms with E-state index in [9.17, 15) is 9.18 Å². The number of nitrogen functional groups attached to an aromatic ring is 1. The summed E-state index contributed by atoms with van der Waals surface area (Å²) in [6.45, 7) is 1.60. The maximum absolute atomic E-state index is 13.2. The van der Waals surface area contributed by atoms with E-state index in [1.807, 2.05) is 0 Å². The highest BCUT2D eigenvalue weighted by Gasteiger charge is 2.16. The molecule has 2 N–H and O–H groups in total. The molecule has 2 nitrogen and oxygen atoms in total. The number of benzene rings is 2. The number of halogens is 2. The molecular formula is C14H11ClFNO. The summed E-state index contributed by atoms with van der Waals surface area (Å²) in [5.41, 5.74) is 7.10. The van der Waals surface area contributed by atoms with E-state index in [-0.39, 0.29) is 17.2 Å². The Labute approximate surface area is 109 Å². The smallest absolute Gasteiger partial charge is 0.196 e. The van der Waals surface area contributed by atoms with Gasteiger partial charge in [-0.1, -0.05) is 17.7 Å². The van der Waals surface area contributed by atoms with Crippen molar-refractivity contribution < 1.29 is 9.18 Å². The second-order valence-electron chi connectivity index (χ2n) is 4.00. The quantitative estimate of drug-likeness (QED) is 0.664. The summed E-state index contributed by atoms with van der Waals surface area (Å²) in [7, 11) is 0. The zero-order chi connectivity index (χ0) is 13.3. The van der Waals surface area contributed by atoms with Crippen LogP contribution in [0.25, 0.3) is 0 Å². The first kappa shape index (κ1) is 12.6. The first-order chi connectivity index (χ1) is 8.50. The highest BCUT2D eigenvalue weighted by atomic mass is 35.5. The van der Waals surface area contributed by atoms with Gasteiger partial charge in [0, 0.05) is 11.3 Å². The van der Waals surface area contributed by atoms with Crippen molar-refractivity contribution in [3.8, 4) is 0 Å². The molecule has 0 aliphatic carbocycles. The number of rotatable bonds is 2. The molecular weight excluding hydrogens is 253 g/mol. The average molecular weight is 264 g/mol. The van der Waals surface area contributed by atoms with Crippen LogP contribution in [0.4, 0.5) is 10.1 Å². The number of hydrogen-bond donors (Lipinski definition) is 1. The lowest BCUT2D eigenvalue weighted by molar-refractivity contribution is 0.103. The zero-order valence-corrected chi connectivity index (χ0v) is 10.5. The molecule has 0 aromatic heterocycles. The van der Waals surface area contributed by atoms with Gasteiger partial charge in [-0.25, -0.2) is 4.39 Å². The van der Waals surface area contributed by atoms with Crippen LogP contribution in [0.3, 0.4) is 0 Å². The van der Waals surface area contributed by atoms with Crippen LogP contribution in [0.2, 0.25) is 5.02 Å². The maximum atomic E-state index is 13.2. The van der Waals surface area contributed by atoms with E-state index in [2.05, 4.69) is 0 Å². The first-order valence-corrected chi connectivity index (χ1v) is 5.73. The average Bonchev–Trinajstić information content (AvgIpc) is 2.32. The van der Waals surface area contributed by atoms with Gasteiger partial charge in [0.25, 0.3) is 0 Å². The van der Waals surface area contributed by atoms with E-state index in [1.54, 1.807) is 25.1 Å². The molecule has 0 heterocycles. The third-order valence-corrected chi connectivity index (χ3v) is 3.01. The van der Waals surface area contributed by atoms with Gasteiger partial charge in [0.1, 0.15) is 5.82 Å². The number of aryl methyl sites for hydroxylation is 1. The molecule has 2 aromatic rings. The normalized spacial score (nSPS) is 10.4. The molecule has 0 bridgehead atoms. The molecule has 0 amide bonds. The fraction of sp³-hybridized carbons (Fsp3) is 0.0714. The van der Waals surface area contributed by atoms with Crippen LogP contribution in [-0.2, 0) is 0 Å². The predicted octanol–water partition coefficient (Wildman–Crippen LogP) is 3.60. The summed E-state index contributed by atoms with van der Waals surface area (Å²) >= 11 is 5.97. The molecule has 0 fully saturated rings. The summed E-state index contributed by atoms with van der Waals surface area (Å²) in [6.07, 6.45) is 0. The first-order valence-electron chi connectivity index (χ1n) is 5.35. The molecule has 4 heteroatoms. The van der Waals surface area contributed by atoms with Gasteiger partial charge in [-0.2, -0.15) is 0 Å². The third-order valence-electron chi connectivity index (χ3n) is 2.69. The molecule has 0 radical (unpaired) electrons. The third kappa shape index (κ3) is 2.22. The number of carbonyl (C=O) groups is 1. The maximum Gasteiger partial charge on any atom is 0.196 e. The van der Waals surface area contributed by atoms with E-state index in [0.29, 0.717) is 21.8 Å². The summed E-state index contributed by atoms with van der Waals surface area (Å²) in [4.78, 5) is 12.3. The molecule has 0 aliphatic heterocycles. The number of anilines is 1. The van der Waals surface area contributed by atoms with Gasteiger partial charge < -0.3 is 5.73 Å². The van der Waals surface area contributed by atoms with Crippen LogP contribution in [0, 0.1) is 12.7 Å². The van der Waals surface area contributed by atoms with E-state index >= 15 is 0 Å². The topological polar surface area (TPSA) is 43.1 Å². The number of hydrogen-bond acceptors (Lipinski definition) is 2. The Hall–Kier alpha value is -1.87. The minimum absolute atomic E-state index is 0.255. The lowest BCUT2D eigenvalue weighted by atomic mass is 10.00. The van der Waals surface area contributed by atoms with Gasteiger partial charge in [-0.05, 0) is 42.8 Å². The van der Waals surface area contributed by atoms with Crippen molar-refractivity contribution in [3.63, 3.8) is 0 Å². The number of nitrogens with two attached hydrogens (primary N) is 1. The van der Waals surface area contributed by atoms with Gasteiger partial charge in [0.05, 0.1) is 10.6 Å². The van der Waals surface area contributed by atoms with Crippen LogP contribution in [0.1, 0.15) is 21.5 Å². The SMILES string of the molecule is Cc1cc(C(=O)c2c(N)cccc2Cl)ccc1F. The van der Waals surface area contributed by atoms with Crippen LogP contribution < -0.4 is 5.73 Å².